The molecule has 2 N–H and O–H groups in total. The fourth-order valence-electron chi connectivity index (χ4n) is 4.03. The topological polar surface area (TPSA) is 99.2 Å². The zero-order valence-corrected chi connectivity index (χ0v) is 20.5. The average Bonchev–Trinajstić information content (AvgIpc) is 2.89. The zero-order chi connectivity index (χ0) is 25.1. The molecule has 5 rings (SSSR count). The van der Waals surface area contributed by atoms with Crippen molar-refractivity contribution >= 4 is 51.6 Å². The van der Waals surface area contributed by atoms with E-state index in [4.69, 9.17) is 16.6 Å². The number of anilines is 4. The van der Waals surface area contributed by atoms with Gasteiger partial charge in [0, 0.05) is 55.2 Å². The molecule has 0 spiro atoms. The number of amides is 1. The summed E-state index contributed by atoms with van der Waals surface area (Å²) in [5.41, 5.74) is 3.23. The number of rotatable bonds is 6. The smallest absolute Gasteiger partial charge is 0.247 e. The summed E-state index contributed by atoms with van der Waals surface area (Å²) in [6.07, 6.45) is 6.34. The third kappa shape index (κ3) is 5.12. The van der Waals surface area contributed by atoms with Crippen molar-refractivity contribution in [2.75, 3.05) is 48.8 Å². The fraction of sp³-hybridized carbons (Fsp3) is 0.192. The summed E-state index contributed by atoms with van der Waals surface area (Å²) in [4.78, 5) is 34.6. The van der Waals surface area contributed by atoms with E-state index < -0.39 is 0 Å². The van der Waals surface area contributed by atoms with Crippen LogP contribution in [0.3, 0.4) is 0 Å². The molecule has 1 aliphatic rings. The number of likely N-dealkylation sites (N-methyl/N-ethyl adjacent to an activating group) is 1. The molecule has 9 nitrogen and oxygen atoms in total. The zero-order valence-electron chi connectivity index (χ0n) is 19.8. The van der Waals surface area contributed by atoms with E-state index >= 15 is 0 Å². The Hall–Kier alpha value is -4.08. The molecule has 0 unspecified atom stereocenters. The van der Waals surface area contributed by atoms with Crippen molar-refractivity contribution in [3.63, 3.8) is 0 Å². The van der Waals surface area contributed by atoms with E-state index in [0.29, 0.717) is 33.4 Å². The number of nitrogens with zero attached hydrogens (tertiary/aromatic N) is 6. The number of hydrogen-bond acceptors (Lipinski definition) is 8. The molecular weight excluding hydrogens is 476 g/mol. The van der Waals surface area contributed by atoms with Gasteiger partial charge >= 0.3 is 0 Å². The first-order chi connectivity index (χ1) is 17.5. The molecule has 3 aromatic heterocycles. The minimum Gasteiger partial charge on any atom is -0.354 e. The van der Waals surface area contributed by atoms with Crippen LogP contribution in [0.15, 0.2) is 67.6 Å². The summed E-state index contributed by atoms with van der Waals surface area (Å²) >= 11 is 6.59. The molecule has 1 saturated heterocycles. The van der Waals surface area contributed by atoms with Crippen molar-refractivity contribution in [3.8, 4) is 11.3 Å². The highest BCUT2D eigenvalue weighted by Gasteiger charge is 2.16. The minimum atomic E-state index is -0.308. The van der Waals surface area contributed by atoms with E-state index in [1.54, 1.807) is 36.8 Å². The Morgan fingerprint density at radius 1 is 1.03 bits per heavy atom. The Morgan fingerprint density at radius 2 is 1.86 bits per heavy atom. The summed E-state index contributed by atoms with van der Waals surface area (Å²) < 4.78 is 0. The van der Waals surface area contributed by atoms with Gasteiger partial charge in [0.25, 0.3) is 0 Å². The van der Waals surface area contributed by atoms with E-state index in [-0.39, 0.29) is 5.91 Å². The lowest BCUT2D eigenvalue weighted by Gasteiger charge is -2.33. The van der Waals surface area contributed by atoms with E-state index in [0.717, 1.165) is 43.1 Å². The van der Waals surface area contributed by atoms with Crippen LogP contribution < -0.4 is 15.5 Å². The number of carbonyl (C=O) groups excluding carboxylic acids is 1. The molecule has 182 valence electrons. The number of fused-ring (bicyclic) bond motifs is 1. The van der Waals surface area contributed by atoms with Crippen molar-refractivity contribution in [1.82, 2.24) is 24.8 Å². The maximum atomic E-state index is 11.7. The van der Waals surface area contributed by atoms with Gasteiger partial charge in [0.15, 0.2) is 0 Å². The van der Waals surface area contributed by atoms with Crippen LogP contribution >= 0.6 is 11.6 Å². The quantitative estimate of drug-likeness (QED) is 0.377. The van der Waals surface area contributed by atoms with Crippen LogP contribution in [0.2, 0.25) is 5.02 Å². The number of piperazine rings is 1. The first-order valence-corrected chi connectivity index (χ1v) is 11.9. The molecule has 4 heterocycles. The number of carbonyl (C=O) groups is 1. The van der Waals surface area contributed by atoms with Gasteiger partial charge in [0.2, 0.25) is 11.9 Å². The highest BCUT2D eigenvalue weighted by molar-refractivity contribution is 6.34. The summed E-state index contributed by atoms with van der Waals surface area (Å²) in [5.74, 6) is 1.06. The minimum absolute atomic E-state index is 0.308. The van der Waals surface area contributed by atoms with Crippen LogP contribution in [0.5, 0.6) is 0 Å². The maximum absolute atomic E-state index is 11.7. The van der Waals surface area contributed by atoms with Crippen molar-refractivity contribution < 1.29 is 4.79 Å². The third-order valence-corrected chi connectivity index (χ3v) is 6.32. The lowest BCUT2D eigenvalue weighted by molar-refractivity contribution is -0.111. The number of halogens is 1. The molecule has 0 saturated carbocycles. The fourth-order valence-corrected chi connectivity index (χ4v) is 4.28. The van der Waals surface area contributed by atoms with Crippen molar-refractivity contribution in [1.29, 1.82) is 0 Å². The molecule has 0 atom stereocenters. The molecule has 1 amide bonds. The lowest BCUT2D eigenvalue weighted by atomic mass is 10.1. The maximum Gasteiger partial charge on any atom is 0.247 e. The second-order valence-corrected chi connectivity index (χ2v) is 8.90. The van der Waals surface area contributed by atoms with Crippen molar-refractivity contribution in [3.05, 3.63) is 72.7 Å². The second kappa shape index (κ2) is 10.3. The summed E-state index contributed by atoms with van der Waals surface area (Å²) in [6, 6.07) is 11.1. The molecular formula is C26H25ClN8O. The van der Waals surface area contributed by atoms with Crippen LogP contribution in [0.25, 0.3) is 22.2 Å². The van der Waals surface area contributed by atoms with Crippen LogP contribution in [0, 0.1) is 0 Å². The first-order valence-electron chi connectivity index (χ1n) is 11.5. The number of benzene rings is 1. The molecule has 0 radical (unpaired) electrons. The van der Waals surface area contributed by atoms with Gasteiger partial charge in [-0.15, -0.1) is 0 Å². The van der Waals surface area contributed by atoms with Gasteiger partial charge in [0.05, 0.1) is 28.1 Å². The highest BCUT2D eigenvalue weighted by Crippen LogP contribution is 2.34. The summed E-state index contributed by atoms with van der Waals surface area (Å²) in [7, 11) is 2.13. The summed E-state index contributed by atoms with van der Waals surface area (Å²) in [6.45, 7) is 7.45. The van der Waals surface area contributed by atoms with Crippen LogP contribution in [0.4, 0.5) is 23.1 Å². The first kappa shape index (κ1) is 23.7. The molecule has 1 aliphatic heterocycles. The largest absolute Gasteiger partial charge is 0.354 e. The molecule has 0 bridgehead atoms. The van der Waals surface area contributed by atoms with Crippen LogP contribution in [-0.4, -0.2) is 64.0 Å². The predicted molar refractivity (Wildman–Crippen MR) is 144 cm³/mol. The van der Waals surface area contributed by atoms with Crippen LogP contribution in [-0.2, 0) is 4.79 Å². The van der Waals surface area contributed by atoms with Gasteiger partial charge < -0.3 is 20.4 Å². The van der Waals surface area contributed by atoms with Gasteiger partial charge in [-0.25, -0.2) is 15.0 Å². The Balaban J connectivity index is 1.43. The van der Waals surface area contributed by atoms with E-state index in [1.807, 2.05) is 18.2 Å². The van der Waals surface area contributed by atoms with E-state index in [9.17, 15) is 4.79 Å². The Morgan fingerprint density at radius 3 is 2.61 bits per heavy atom. The molecule has 36 heavy (non-hydrogen) atoms. The number of nitrogens with one attached hydrogen (secondary N) is 2. The van der Waals surface area contributed by atoms with Gasteiger partial charge in [0.1, 0.15) is 5.82 Å². The Labute approximate surface area is 213 Å². The average molecular weight is 501 g/mol. The van der Waals surface area contributed by atoms with Gasteiger partial charge in [-0.1, -0.05) is 18.2 Å². The number of hydrogen-bond donors (Lipinski definition) is 2. The standard InChI is InChI=1S/C26H25ClN8O/c1-3-23(36)31-18-8-9-28-21(14-18)24-20(27)6-4-17-15-30-26(33-25(17)24)32-19-5-7-22(29-16-19)35-12-10-34(2)11-13-35/h3-9,14-16H,1,10-13H2,2H3,(H,28,31,36)(H,30,32,33). The van der Waals surface area contributed by atoms with E-state index in [2.05, 4.69) is 49.0 Å². The normalized spacial score (nSPS) is 14.0. The second-order valence-electron chi connectivity index (χ2n) is 8.50. The van der Waals surface area contributed by atoms with Crippen molar-refractivity contribution in [2.45, 2.75) is 0 Å². The number of aromatic nitrogens is 4. The molecule has 4 aromatic rings. The van der Waals surface area contributed by atoms with Gasteiger partial charge in [-0.2, -0.15) is 0 Å². The molecule has 1 fully saturated rings. The van der Waals surface area contributed by atoms with Crippen LogP contribution in [0.1, 0.15) is 0 Å². The van der Waals surface area contributed by atoms with Gasteiger partial charge in [-0.3, -0.25) is 9.78 Å². The third-order valence-electron chi connectivity index (χ3n) is 6.00. The lowest BCUT2D eigenvalue weighted by Crippen LogP contribution is -2.44. The highest BCUT2D eigenvalue weighted by atomic mass is 35.5. The van der Waals surface area contributed by atoms with E-state index in [1.165, 1.54) is 6.08 Å². The number of pyridine rings is 2. The van der Waals surface area contributed by atoms with Crippen molar-refractivity contribution in [2.24, 2.45) is 0 Å². The SMILES string of the molecule is C=CC(=O)Nc1ccnc(-c2c(Cl)ccc3cnc(Nc4ccc(N5CCN(C)CC5)nc4)nc23)c1. The predicted octanol–water partition coefficient (Wildman–Crippen LogP) is 4.36. The Bertz CT molecular complexity index is 1420. The van der Waals surface area contributed by atoms with Gasteiger partial charge in [-0.05, 0) is 49.5 Å². The molecule has 1 aromatic carbocycles. The Kier molecular flexibility index (Phi) is 6.75. The monoisotopic (exact) mass is 500 g/mol. The molecule has 0 aliphatic carbocycles. The molecule has 10 heteroatoms. The summed E-state index contributed by atoms with van der Waals surface area (Å²) in [5, 5.41) is 7.28.